The van der Waals surface area contributed by atoms with E-state index in [1.165, 1.54) is 0 Å². The highest BCUT2D eigenvalue weighted by Gasteiger charge is 1.95. The Balaban J connectivity index is 3.85. The first-order valence-electron chi connectivity index (χ1n) is 1.09. The van der Waals surface area contributed by atoms with Gasteiger partial charge in [0.25, 0.3) is 0 Å². The molecule has 0 heterocycles. The average molecular weight is 129 g/mol. The standard InChI is InChI=1S/CH3ClNO2S/c2-1-6(3,4)5/h3H,1H2. The number of halogens is 1. The van der Waals surface area contributed by atoms with Crippen molar-refractivity contribution in [3.8, 4) is 0 Å². The van der Waals surface area contributed by atoms with E-state index in [9.17, 15) is 8.42 Å². The van der Waals surface area contributed by atoms with Crippen LogP contribution in [0, 0.1) is 0 Å². The Hall–Kier alpha value is 0.200. The molecule has 5 heteroatoms. The first-order chi connectivity index (χ1) is 2.56. The SMILES string of the molecule is [NH]S(=O)(=O)CCl. The molecule has 37 valence electrons. The number of hydrogen-bond acceptors (Lipinski definition) is 2. The zero-order chi connectivity index (χ0) is 5.21. The summed E-state index contributed by atoms with van der Waals surface area (Å²) in [6, 6.07) is 0. The molecule has 0 fully saturated rings. The van der Waals surface area contributed by atoms with E-state index in [-0.39, 0.29) is 0 Å². The highest BCUT2D eigenvalue weighted by molar-refractivity contribution is 7.89. The highest BCUT2D eigenvalue weighted by atomic mass is 35.5. The Labute approximate surface area is 41.1 Å². The molecule has 0 aliphatic rings. The van der Waals surface area contributed by atoms with E-state index in [4.69, 9.17) is 16.7 Å². The fourth-order valence-corrected chi connectivity index (χ4v) is 0. The molecule has 0 spiro atoms. The van der Waals surface area contributed by atoms with Gasteiger partial charge in [-0.25, -0.2) is 8.42 Å². The van der Waals surface area contributed by atoms with Crippen molar-refractivity contribution in [3.63, 3.8) is 0 Å². The highest BCUT2D eigenvalue weighted by Crippen LogP contribution is 1.81. The topological polar surface area (TPSA) is 57.9 Å². The Kier molecular flexibility index (Phi) is 1.83. The van der Waals surface area contributed by atoms with E-state index < -0.39 is 15.2 Å². The van der Waals surface area contributed by atoms with Crippen molar-refractivity contribution in [2.45, 2.75) is 0 Å². The molecular formula is CH3ClNO2S. The lowest BCUT2D eigenvalue weighted by atomic mass is 11.9. The fourth-order valence-electron chi connectivity index (χ4n) is 0. The predicted octanol–water partition coefficient (Wildman–Crippen LogP) is -0.205. The maximum Gasteiger partial charge on any atom is 0.239 e. The van der Waals surface area contributed by atoms with Crippen molar-refractivity contribution < 1.29 is 8.42 Å². The molecule has 0 aromatic carbocycles. The van der Waals surface area contributed by atoms with E-state index in [0.29, 0.717) is 0 Å². The predicted molar refractivity (Wildman–Crippen MR) is 22.7 cm³/mol. The lowest BCUT2D eigenvalue weighted by Crippen LogP contribution is -1.98. The van der Waals surface area contributed by atoms with Crippen molar-refractivity contribution in [2.24, 2.45) is 0 Å². The van der Waals surface area contributed by atoms with Gasteiger partial charge in [-0.2, -0.15) is 0 Å². The maximum absolute atomic E-state index is 9.53. The van der Waals surface area contributed by atoms with Crippen LogP contribution >= 0.6 is 11.6 Å². The molecule has 1 N–H and O–H groups in total. The molecule has 6 heavy (non-hydrogen) atoms. The van der Waals surface area contributed by atoms with Gasteiger partial charge < -0.3 is 0 Å². The van der Waals surface area contributed by atoms with Gasteiger partial charge in [-0.1, -0.05) is 0 Å². The largest absolute Gasteiger partial charge is 0.239 e. The van der Waals surface area contributed by atoms with Gasteiger partial charge in [0.15, 0.2) is 0 Å². The molecule has 0 aliphatic carbocycles. The van der Waals surface area contributed by atoms with Crippen LogP contribution in [0.3, 0.4) is 0 Å². The first-order valence-corrected chi connectivity index (χ1v) is 3.28. The molecule has 0 aliphatic heterocycles. The Morgan fingerprint density at radius 1 is 1.67 bits per heavy atom. The summed E-state index contributed by atoms with van der Waals surface area (Å²) >= 11 is 4.70. The Bertz CT molecular complexity index is 116. The molecular weight excluding hydrogens is 126 g/mol. The van der Waals surface area contributed by atoms with Crippen molar-refractivity contribution in [3.05, 3.63) is 0 Å². The minimum absolute atomic E-state index is 0.618. The van der Waals surface area contributed by atoms with Gasteiger partial charge in [0.05, 0.1) is 0 Å². The molecule has 0 saturated carbocycles. The van der Waals surface area contributed by atoms with Gasteiger partial charge in [-0.05, 0) is 0 Å². The van der Waals surface area contributed by atoms with Gasteiger partial charge in [0.1, 0.15) is 5.21 Å². The van der Waals surface area contributed by atoms with Crippen LogP contribution in [0.1, 0.15) is 0 Å². The quantitative estimate of drug-likeness (QED) is 0.459. The summed E-state index contributed by atoms with van der Waals surface area (Å²) in [4.78, 5) is 0. The second-order valence-corrected chi connectivity index (χ2v) is 2.83. The third kappa shape index (κ3) is 4.20. The molecule has 0 atom stereocenters. The summed E-state index contributed by atoms with van der Waals surface area (Å²) < 4.78 is 19.1. The molecule has 0 bridgehead atoms. The molecule has 0 saturated heterocycles. The van der Waals surface area contributed by atoms with Crippen LogP contribution in [0.5, 0.6) is 0 Å². The monoisotopic (exact) mass is 128 g/mol. The van der Waals surface area contributed by atoms with Gasteiger partial charge in [0.2, 0.25) is 10.0 Å². The van der Waals surface area contributed by atoms with E-state index in [2.05, 4.69) is 0 Å². The number of sulfonamides is 1. The van der Waals surface area contributed by atoms with Crippen molar-refractivity contribution in [2.75, 3.05) is 5.21 Å². The minimum atomic E-state index is -3.65. The summed E-state index contributed by atoms with van der Waals surface area (Å²) in [5.74, 6) is 0. The minimum Gasteiger partial charge on any atom is -0.210 e. The van der Waals surface area contributed by atoms with Crippen molar-refractivity contribution >= 4 is 21.6 Å². The summed E-state index contributed by atoms with van der Waals surface area (Å²) in [5.41, 5.74) is 0. The second kappa shape index (κ2) is 1.77. The molecule has 0 amide bonds. The van der Waals surface area contributed by atoms with Gasteiger partial charge in [-0.3, -0.25) is 0 Å². The third-order valence-corrected chi connectivity index (χ3v) is 1.29. The average Bonchev–Trinajstić information content (AvgIpc) is 1.35. The lowest BCUT2D eigenvalue weighted by molar-refractivity contribution is 0.600. The van der Waals surface area contributed by atoms with Crippen LogP contribution in [-0.2, 0) is 10.0 Å². The number of nitrogens with one attached hydrogen (secondary N) is 1. The van der Waals surface area contributed by atoms with Gasteiger partial charge in [0, 0.05) is 0 Å². The van der Waals surface area contributed by atoms with E-state index >= 15 is 0 Å². The van der Waals surface area contributed by atoms with Crippen LogP contribution in [0.25, 0.3) is 0 Å². The van der Waals surface area contributed by atoms with Gasteiger partial charge >= 0.3 is 0 Å². The van der Waals surface area contributed by atoms with E-state index in [1.54, 1.807) is 0 Å². The molecule has 0 aromatic heterocycles. The van der Waals surface area contributed by atoms with Crippen LogP contribution in [-0.4, -0.2) is 13.6 Å². The smallest absolute Gasteiger partial charge is 0.210 e. The maximum atomic E-state index is 9.53. The first kappa shape index (κ1) is 6.20. The Morgan fingerprint density at radius 2 is 1.83 bits per heavy atom. The normalized spacial score (nSPS) is 11.7. The molecule has 3 nitrogen and oxygen atoms in total. The Morgan fingerprint density at radius 3 is 1.83 bits per heavy atom. The summed E-state index contributed by atoms with van der Waals surface area (Å²) in [5, 5.41) is 5.40. The zero-order valence-corrected chi connectivity index (χ0v) is 4.38. The van der Waals surface area contributed by atoms with E-state index in [0.717, 1.165) is 0 Å². The molecule has 0 aromatic rings. The molecule has 0 unspecified atom stereocenters. The van der Waals surface area contributed by atoms with Crippen molar-refractivity contribution in [1.29, 1.82) is 0 Å². The van der Waals surface area contributed by atoms with Gasteiger partial charge in [-0.15, -0.1) is 16.7 Å². The third-order valence-electron chi connectivity index (χ3n) is 0.144. The summed E-state index contributed by atoms with van der Waals surface area (Å²) in [6.07, 6.45) is 0. The van der Waals surface area contributed by atoms with Crippen LogP contribution in [0.4, 0.5) is 0 Å². The number of alkyl halides is 1. The number of rotatable bonds is 1. The summed E-state index contributed by atoms with van der Waals surface area (Å²) in [6.45, 7) is 0. The second-order valence-electron chi connectivity index (χ2n) is 0.724. The van der Waals surface area contributed by atoms with E-state index in [1.807, 2.05) is 0 Å². The lowest BCUT2D eigenvalue weighted by Gasteiger charge is -1.77. The summed E-state index contributed by atoms with van der Waals surface area (Å²) in [7, 11) is -3.65. The van der Waals surface area contributed by atoms with Crippen LogP contribution < -0.4 is 5.14 Å². The molecule has 0 rings (SSSR count). The molecule has 1 radical (unpaired) electrons. The van der Waals surface area contributed by atoms with Crippen LogP contribution in [0.15, 0.2) is 0 Å². The number of hydrogen-bond donors (Lipinski definition) is 0. The van der Waals surface area contributed by atoms with Crippen LogP contribution in [0.2, 0.25) is 0 Å². The fraction of sp³-hybridized carbons (Fsp3) is 1.00. The van der Waals surface area contributed by atoms with Crippen molar-refractivity contribution in [1.82, 2.24) is 5.14 Å². The zero-order valence-electron chi connectivity index (χ0n) is 2.81.